The zero-order chi connectivity index (χ0) is 10.1. The summed E-state index contributed by atoms with van der Waals surface area (Å²) < 4.78 is 0. The molecule has 0 aliphatic carbocycles. The second-order valence-corrected chi connectivity index (χ2v) is 3.34. The number of amidine groups is 1. The Morgan fingerprint density at radius 3 is 3.07 bits per heavy atom. The summed E-state index contributed by atoms with van der Waals surface area (Å²) in [6, 6.07) is 5.74. The molecule has 0 amide bonds. The Labute approximate surface area is 82.5 Å². The molecule has 1 aliphatic rings. The molecule has 1 unspecified atom stereocenters. The largest absolute Gasteiger partial charge is 0.368 e. The van der Waals surface area contributed by atoms with Crippen LogP contribution in [0.3, 0.4) is 0 Å². The van der Waals surface area contributed by atoms with Crippen molar-refractivity contribution in [3.05, 3.63) is 29.3 Å². The Hall–Kier alpha value is -1.39. The van der Waals surface area contributed by atoms with Crippen molar-refractivity contribution in [1.82, 2.24) is 0 Å². The number of benzene rings is 1. The first-order valence-electron chi connectivity index (χ1n) is 4.53. The average molecular weight is 191 g/mol. The minimum absolute atomic E-state index is 0.475. The van der Waals surface area contributed by atoms with Gasteiger partial charge in [0.2, 0.25) is 0 Å². The van der Waals surface area contributed by atoms with Crippen molar-refractivity contribution in [2.45, 2.75) is 19.7 Å². The molecule has 0 saturated carbocycles. The second kappa shape index (κ2) is 3.40. The number of aliphatic hydroxyl groups is 1. The van der Waals surface area contributed by atoms with Crippen LogP contribution >= 0.6 is 0 Å². The minimum Gasteiger partial charge on any atom is -0.368 e. The standard InChI is InChI=1S/C10H13N3O/c1-6-12-9-3-2-7(5-11)4-8(9)10(14)13-6/h2-4,10,14H,5,11H2,1H3,(H,12,13). The van der Waals surface area contributed by atoms with Gasteiger partial charge in [-0.2, -0.15) is 0 Å². The Kier molecular flexibility index (Phi) is 2.23. The lowest BCUT2D eigenvalue weighted by Gasteiger charge is -2.20. The van der Waals surface area contributed by atoms with Crippen molar-refractivity contribution in [2.24, 2.45) is 10.7 Å². The van der Waals surface area contributed by atoms with Crippen LogP contribution in [-0.4, -0.2) is 10.9 Å². The van der Waals surface area contributed by atoms with Crippen LogP contribution in [0.2, 0.25) is 0 Å². The van der Waals surface area contributed by atoms with E-state index in [1.807, 2.05) is 25.1 Å². The number of rotatable bonds is 1. The molecule has 74 valence electrons. The first-order chi connectivity index (χ1) is 6.70. The molecule has 4 nitrogen and oxygen atoms in total. The third kappa shape index (κ3) is 1.49. The number of nitrogens with one attached hydrogen (secondary N) is 1. The van der Waals surface area contributed by atoms with Crippen LogP contribution in [0.15, 0.2) is 23.2 Å². The maximum Gasteiger partial charge on any atom is 0.175 e. The van der Waals surface area contributed by atoms with Crippen LogP contribution in [0, 0.1) is 0 Å². The fourth-order valence-electron chi connectivity index (χ4n) is 1.55. The topological polar surface area (TPSA) is 70.6 Å². The average Bonchev–Trinajstić information content (AvgIpc) is 2.17. The van der Waals surface area contributed by atoms with Gasteiger partial charge in [0.05, 0.1) is 0 Å². The summed E-state index contributed by atoms with van der Waals surface area (Å²) in [7, 11) is 0. The SMILES string of the molecule is CC1=NC(O)c2cc(CN)ccc2N1. The normalized spacial score (nSPS) is 19.6. The number of aliphatic hydroxyl groups excluding tert-OH is 1. The van der Waals surface area contributed by atoms with Crippen LogP contribution in [0.5, 0.6) is 0 Å². The van der Waals surface area contributed by atoms with Crippen molar-refractivity contribution >= 4 is 11.5 Å². The molecule has 1 heterocycles. The highest BCUT2D eigenvalue weighted by molar-refractivity contribution is 5.96. The molecule has 2 rings (SSSR count). The van der Waals surface area contributed by atoms with E-state index in [2.05, 4.69) is 10.3 Å². The fourth-order valence-corrected chi connectivity index (χ4v) is 1.55. The fraction of sp³-hybridized carbons (Fsp3) is 0.300. The molecule has 0 fully saturated rings. The molecule has 0 radical (unpaired) electrons. The summed E-state index contributed by atoms with van der Waals surface area (Å²) in [6.07, 6.45) is -0.766. The third-order valence-corrected chi connectivity index (χ3v) is 2.26. The molecule has 1 aliphatic heterocycles. The Morgan fingerprint density at radius 2 is 2.36 bits per heavy atom. The van der Waals surface area contributed by atoms with Gasteiger partial charge in [-0.15, -0.1) is 0 Å². The summed E-state index contributed by atoms with van der Waals surface area (Å²) in [4.78, 5) is 4.02. The monoisotopic (exact) mass is 191 g/mol. The number of hydrogen-bond donors (Lipinski definition) is 3. The minimum atomic E-state index is -0.766. The highest BCUT2D eigenvalue weighted by Crippen LogP contribution is 2.28. The molecule has 1 aromatic carbocycles. The van der Waals surface area contributed by atoms with E-state index in [0.717, 1.165) is 22.6 Å². The zero-order valence-electron chi connectivity index (χ0n) is 7.99. The van der Waals surface area contributed by atoms with Gasteiger partial charge in [-0.1, -0.05) is 6.07 Å². The molecule has 0 aromatic heterocycles. The summed E-state index contributed by atoms with van der Waals surface area (Å²) in [5.41, 5.74) is 8.21. The van der Waals surface area contributed by atoms with E-state index in [4.69, 9.17) is 5.73 Å². The lowest BCUT2D eigenvalue weighted by atomic mass is 10.1. The lowest BCUT2D eigenvalue weighted by Crippen LogP contribution is -2.17. The highest BCUT2D eigenvalue weighted by Gasteiger charge is 2.16. The molecule has 14 heavy (non-hydrogen) atoms. The van der Waals surface area contributed by atoms with Gasteiger partial charge in [0.15, 0.2) is 6.23 Å². The number of aliphatic imine (C=N–C) groups is 1. The number of hydrogen-bond acceptors (Lipinski definition) is 4. The van der Waals surface area contributed by atoms with E-state index in [1.54, 1.807) is 0 Å². The van der Waals surface area contributed by atoms with Gasteiger partial charge in [0.25, 0.3) is 0 Å². The molecule has 4 N–H and O–H groups in total. The van der Waals surface area contributed by atoms with Crippen molar-refractivity contribution in [2.75, 3.05) is 5.32 Å². The van der Waals surface area contributed by atoms with Gasteiger partial charge >= 0.3 is 0 Å². The van der Waals surface area contributed by atoms with Gasteiger partial charge in [0, 0.05) is 17.8 Å². The van der Waals surface area contributed by atoms with Crippen LogP contribution in [0.4, 0.5) is 5.69 Å². The Morgan fingerprint density at radius 1 is 1.57 bits per heavy atom. The third-order valence-electron chi connectivity index (χ3n) is 2.26. The van der Waals surface area contributed by atoms with Crippen molar-refractivity contribution in [1.29, 1.82) is 0 Å². The predicted molar refractivity (Wildman–Crippen MR) is 56.0 cm³/mol. The van der Waals surface area contributed by atoms with Gasteiger partial charge in [-0.05, 0) is 24.6 Å². The first kappa shape index (κ1) is 9.18. The maximum atomic E-state index is 9.68. The summed E-state index contributed by atoms with van der Waals surface area (Å²) in [5.74, 6) is 0.727. The van der Waals surface area contributed by atoms with Crippen LogP contribution < -0.4 is 11.1 Å². The van der Waals surface area contributed by atoms with Gasteiger partial charge in [-0.3, -0.25) is 0 Å². The summed E-state index contributed by atoms with van der Waals surface area (Å²) in [6.45, 7) is 2.30. The Bertz CT molecular complexity index is 387. The highest BCUT2D eigenvalue weighted by atomic mass is 16.3. The van der Waals surface area contributed by atoms with E-state index in [-0.39, 0.29) is 0 Å². The summed E-state index contributed by atoms with van der Waals surface area (Å²) in [5, 5.41) is 12.8. The zero-order valence-corrected chi connectivity index (χ0v) is 7.99. The van der Waals surface area contributed by atoms with Gasteiger partial charge in [0.1, 0.15) is 5.84 Å². The van der Waals surface area contributed by atoms with Crippen molar-refractivity contribution < 1.29 is 5.11 Å². The quantitative estimate of drug-likeness (QED) is 0.619. The van der Waals surface area contributed by atoms with Crippen LogP contribution in [-0.2, 0) is 6.54 Å². The van der Waals surface area contributed by atoms with E-state index in [9.17, 15) is 5.11 Å². The molecule has 1 atom stereocenters. The molecular formula is C10H13N3O. The smallest absolute Gasteiger partial charge is 0.175 e. The van der Waals surface area contributed by atoms with Crippen molar-refractivity contribution in [3.8, 4) is 0 Å². The number of nitrogens with zero attached hydrogens (tertiary/aromatic N) is 1. The molecule has 1 aromatic rings. The summed E-state index contributed by atoms with van der Waals surface area (Å²) >= 11 is 0. The molecule has 0 spiro atoms. The van der Waals surface area contributed by atoms with Crippen LogP contribution in [0.25, 0.3) is 0 Å². The van der Waals surface area contributed by atoms with E-state index >= 15 is 0 Å². The number of fused-ring (bicyclic) bond motifs is 1. The van der Waals surface area contributed by atoms with Gasteiger partial charge in [-0.25, -0.2) is 4.99 Å². The number of anilines is 1. The first-order valence-corrected chi connectivity index (χ1v) is 4.53. The second-order valence-electron chi connectivity index (χ2n) is 3.34. The Balaban J connectivity index is 2.44. The lowest BCUT2D eigenvalue weighted by molar-refractivity contribution is 0.188. The molecule has 4 heteroatoms. The van der Waals surface area contributed by atoms with E-state index < -0.39 is 6.23 Å². The number of nitrogens with two attached hydrogens (primary N) is 1. The molecule has 0 bridgehead atoms. The van der Waals surface area contributed by atoms with Crippen LogP contribution in [0.1, 0.15) is 24.3 Å². The predicted octanol–water partition coefficient (Wildman–Crippen LogP) is 0.980. The van der Waals surface area contributed by atoms with Gasteiger partial charge < -0.3 is 16.2 Å². The van der Waals surface area contributed by atoms with E-state index in [0.29, 0.717) is 6.54 Å². The van der Waals surface area contributed by atoms with E-state index in [1.165, 1.54) is 0 Å². The van der Waals surface area contributed by atoms with Crippen molar-refractivity contribution in [3.63, 3.8) is 0 Å². The molecule has 0 saturated heterocycles. The molecular weight excluding hydrogens is 178 g/mol. The maximum absolute atomic E-state index is 9.68.